The number of fused-ring (bicyclic) bond motifs is 1. The maximum atomic E-state index is 5.53. The van der Waals surface area contributed by atoms with Gasteiger partial charge in [-0.15, -0.1) is 0 Å². The molecule has 60 valence electrons. The molecule has 0 aliphatic heterocycles. The van der Waals surface area contributed by atoms with Crippen molar-refractivity contribution in [3.8, 4) is 0 Å². The van der Waals surface area contributed by atoms with Gasteiger partial charge in [0.05, 0.1) is 6.07 Å². The predicted molar refractivity (Wildman–Crippen MR) is 48.9 cm³/mol. The molecule has 2 rings (SSSR count). The molecule has 1 heterocycles. The highest BCUT2D eigenvalue weighted by atomic mass is 79.9. The smallest absolute Gasteiger partial charge is 0.201 e. The van der Waals surface area contributed by atoms with Gasteiger partial charge in [0.1, 0.15) is 0 Å². The minimum absolute atomic E-state index is 0.116. The van der Waals surface area contributed by atoms with Crippen LogP contribution in [0.15, 0.2) is 27.2 Å². The highest BCUT2D eigenvalue weighted by molar-refractivity contribution is 9.10. The molecule has 1 aromatic carbocycles. The average molecular weight is 246 g/mol. The molecule has 0 saturated carbocycles. The van der Waals surface area contributed by atoms with Gasteiger partial charge in [0.2, 0.25) is 0 Å². The van der Waals surface area contributed by atoms with Crippen LogP contribution in [-0.4, -0.2) is 10.1 Å². The van der Waals surface area contributed by atoms with E-state index in [9.17, 15) is 0 Å². The molecular formula is C7H3BrClN2O+. The molecule has 0 spiro atoms. The fraction of sp³-hybridized carbons (Fsp3) is 0. The molecule has 3 nitrogen and oxygen atoms in total. The van der Waals surface area contributed by atoms with Crippen LogP contribution in [0.5, 0.6) is 0 Å². The molecule has 0 aliphatic carbocycles. The number of nitrogens with zero attached hydrogens (tertiary/aromatic N) is 2. The van der Waals surface area contributed by atoms with Gasteiger partial charge in [0.15, 0.2) is 10.7 Å². The van der Waals surface area contributed by atoms with Gasteiger partial charge in [-0.05, 0) is 23.7 Å². The first-order valence-corrected chi connectivity index (χ1v) is 4.34. The van der Waals surface area contributed by atoms with E-state index in [1.807, 2.05) is 6.07 Å². The Labute approximate surface area is 81.5 Å². The van der Waals surface area contributed by atoms with Gasteiger partial charge < -0.3 is 0 Å². The third kappa shape index (κ3) is 1.40. The molecule has 0 radical (unpaired) electrons. The zero-order chi connectivity index (χ0) is 8.55. The Morgan fingerprint density at radius 2 is 2.25 bits per heavy atom. The Balaban J connectivity index is 2.79. The summed E-state index contributed by atoms with van der Waals surface area (Å²) in [6, 6.07) is 5.45. The number of hydrogen-bond donors (Lipinski definition) is 0. The molecule has 2 aromatic rings. The molecule has 0 N–H and O–H groups in total. The van der Waals surface area contributed by atoms with Crippen LogP contribution >= 0.6 is 27.5 Å². The van der Waals surface area contributed by atoms with Crippen molar-refractivity contribution >= 4 is 38.6 Å². The summed E-state index contributed by atoms with van der Waals surface area (Å²) >= 11 is 8.83. The Bertz CT molecular complexity index is 393. The topological polar surface area (TPSA) is 37.1 Å². The van der Waals surface area contributed by atoms with Crippen molar-refractivity contribution in [2.45, 2.75) is 0 Å². The minimum atomic E-state index is 0.116. The Hall–Kier alpha value is -0.740. The highest BCUT2D eigenvalue weighted by Crippen LogP contribution is 2.18. The second-order valence-electron chi connectivity index (χ2n) is 2.18. The van der Waals surface area contributed by atoms with E-state index in [-0.39, 0.29) is 5.28 Å². The third-order valence-corrected chi connectivity index (χ3v) is 2.00. The van der Waals surface area contributed by atoms with Crippen LogP contribution < -0.4 is 0 Å². The van der Waals surface area contributed by atoms with Gasteiger partial charge in [0.25, 0.3) is 0 Å². The lowest BCUT2D eigenvalue weighted by molar-refractivity contribution is 0.435. The first-order valence-electron chi connectivity index (χ1n) is 3.17. The Morgan fingerprint density at radius 1 is 1.42 bits per heavy atom. The van der Waals surface area contributed by atoms with E-state index < -0.39 is 0 Å². The summed E-state index contributed by atoms with van der Waals surface area (Å²) < 4.78 is 5.87. The van der Waals surface area contributed by atoms with E-state index in [0.717, 1.165) is 4.47 Å². The molecule has 0 unspecified atom stereocenters. The monoisotopic (exact) mass is 245 g/mol. The quantitative estimate of drug-likeness (QED) is 0.671. The van der Waals surface area contributed by atoms with Crippen LogP contribution in [0, 0.1) is 0 Å². The fourth-order valence-corrected chi connectivity index (χ4v) is 1.33. The first-order chi connectivity index (χ1) is 5.75. The Kier molecular flexibility index (Phi) is 1.94. The van der Waals surface area contributed by atoms with E-state index in [2.05, 4.69) is 26.1 Å². The zero-order valence-electron chi connectivity index (χ0n) is 5.79. The molecule has 0 atom stereocenters. The summed E-state index contributed by atoms with van der Waals surface area (Å²) in [5.74, 6) is 0. The van der Waals surface area contributed by atoms with Crippen molar-refractivity contribution < 1.29 is 4.52 Å². The molecule has 0 bridgehead atoms. The number of aromatic nitrogens is 2. The molecule has 5 heteroatoms. The zero-order valence-corrected chi connectivity index (χ0v) is 8.13. The highest BCUT2D eigenvalue weighted by Gasteiger charge is 2.10. The normalized spacial score (nSPS) is 10.5. The van der Waals surface area contributed by atoms with Crippen molar-refractivity contribution in [1.82, 2.24) is 10.1 Å². The standard InChI is InChI=1S/C7H3BrClN2O/c8-4-1-2-5-6(3-4)12-11-7(9)10-5/h1-3H/q+1. The van der Waals surface area contributed by atoms with Gasteiger partial charge in [0, 0.05) is 4.47 Å². The molecular weight excluding hydrogens is 243 g/mol. The molecule has 0 amide bonds. The SMILES string of the molecule is Clc1n[o+]c2cc(Br)ccc2n1. The lowest BCUT2D eigenvalue weighted by Gasteiger charge is -1.85. The lowest BCUT2D eigenvalue weighted by Crippen LogP contribution is -1.82. The Morgan fingerprint density at radius 3 is 3.08 bits per heavy atom. The van der Waals surface area contributed by atoms with Crippen molar-refractivity contribution in [2.24, 2.45) is 0 Å². The van der Waals surface area contributed by atoms with Crippen LogP contribution in [0.4, 0.5) is 0 Å². The number of benzene rings is 1. The van der Waals surface area contributed by atoms with Crippen molar-refractivity contribution in [3.63, 3.8) is 0 Å². The summed E-state index contributed by atoms with van der Waals surface area (Å²) in [7, 11) is 0. The van der Waals surface area contributed by atoms with E-state index in [1.54, 1.807) is 12.1 Å². The van der Waals surface area contributed by atoms with Gasteiger partial charge in [-0.3, -0.25) is 0 Å². The van der Waals surface area contributed by atoms with Gasteiger partial charge in [-0.1, -0.05) is 20.5 Å². The molecule has 12 heavy (non-hydrogen) atoms. The van der Waals surface area contributed by atoms with Crippen LogP contribution in [0.2, 0.25) is 5.28 Å². The van der Waals surface area contributed by atoms with Gasteiger partial charge in [-0.2, -0.15) is 0 Å². The van der Waals surface area contributed by atoms with Crippen LogP contribution in [0.25, 0.3) is 11.1 Å². The average Bonchev–Trinajstić information content (AvgIpc) is 2.05. The predicted octanol–water partition coefficient (Wildman–Crippen LogP) is 2.92. The number of rotatable bonds is 0. The largest absolute Gasteiger partial charge is 0.426 e. The number of hydrogen-bond acceptors (Lipinski definition) is 2. The maximum Gasteiger partial charge on any atom is 0.426 e. The molecule has 0 saturated heterocycles. The summed E-state index contributed by atoms with van der Waals surface area (Å²) in [6.07, 6.45) is 0. The van der Waals surface area contributed by atoms with E-state index in [1.165, 1.54) is 0 Å². The molecule has 0 fully saturated rings. The van der Waals surface area contributed by atoms with Crippen molar-refractivity contribution in [3.05, 3.63) is 28.0 Å². The van der Waals surface area contributed by atoms with Crippen LogP contribution in [-0.2, 0) is 0 Å². The van der Waals surface area contributed by atoms with Gasteiger partial charge >= 0.3 is 10.9 Å². The molecule has 0 aliphatic rings. The van der Waals surface area contributed by atoms with Crippen LogP contribution in [0.3, 0.4) is 0 Å². The second kappa shape index (κ2) is 2.95. The summed E-state index contributed by atoms with van der Waals surface area (Å²) in [4.78, 5) is 3.96. The summed E-state index contributed by atoms with van der Waals surface area (Å²) in [5, 5.41) is 3.62. The maximum absolute atomic E-state index is 5.53. The second-order valence-corrected chi connectivity index (χ2v) is 3.43. The van der Waals surface area contributed by atoms with Crippen LogP contribution in [0.1, 0.15) is 0 Å². The number of halogens is 2. The third-order valence-electron chi connectivity index (χ3n) is 1.35. The lowest BCUT2D eigenvalue weighted by atomic mass is 10.3. The summed E-state index contributed by atoms with van der Waals surface area (Å²) in [6.45, 7) is 0. The van der Waals surface area contributed by atoms with E-state index in [4.69, 9.17) is 16.1 Å². The molecule has 1 aromatic heterocycles. The fourth-order valence-electron chi connectivity index (χ4n) is 0.860. The van der Waals surface area contributed by atoms with E-state index >= 15 is 0 Å². The minimum Gasteiger partial charge on any atom is -0.201 e. The van der Waals surface area contributed by atoms with E-state index in [0.29, 0.717) is 11.1 Å². The van der Waals surface area contributed by atoms with Crippen molar-refractivity contribution in [1.29, 1.82) is 0 Å². The van der Waals surface area contributed by atoms with Crippen molar-refractivity contribution in [2.75, 3.05) is 0 Å². The summed E-state index contributed by atoms with van der Waals surface area (Å²) in [5.41, 5.74) is 1.30. The van der Waals surface area contributed by atoms with Gasteiger partial charge in [-0.25, -0.2) is 4.98 Å². The first kappa shape index (κ1) is 7.89.